The Morgan fingerprint density at radius 1 is 1.56 bits per heavy atom. The molecular weight excluding hydrogens is 125 g/mol. The molecule has 0 aromatic rings. The van der Waals surface area contributed by atoms with Gasteiger partial charge in [0.25, 0.3) is 0 Å². The maximum Gasteiger partial charge on any atom is 0.333 e. The highest BCUT2D eigenvalue weighted by Gasteiger charge is 2.36. The van der Waals surface area contributed by atoms with Crippen LogP contribution < -0.4 is 0 Å². The molecule has 9 heavy (non-hydrogen) atoms. The summed E-state index contributed by atoms with van der Waals surface area (Å²) in [6.45, 7) is 0.469. The Bertz CT molecular complexity index is 136. The van der Waals surface area contributed by atoms with E-state index in [1.807, 2.05) is 0 Å². The lowest BCUT2D eigenvalue weighted by Crippen LogP contribution is -2.22. The molecule has 1 fully saturated rings. The molecule has 0 bridgehead atoms. The van der Waals surface area contributed by atoms with Crippen molar-refractivity contribution in [3.63, 3.8) is 0 Å². The lowest BCUT2D eigenvalue weighted by molar-refractivity contribution is -0.248. The van der Waals surface area contributed by atoms with Crippen LogP contribution in [0.2, 0.25) is 0 Å². The Labute approximate surface area is 52.0 Å². The first kappa shape index (κ1) is 6.46. The molecule has 3 nitrogen and oxygen atoms in total. The van der Waals surface area contributed by atoms with Gasteiger partial charge in [0.2, 0.25) is 0 Å². The largest absolute Gasteiger partial charge is 0.333 e. The van der Waals surface area contributed by atoms with Gasteiger partial charge in [-0.1, -0.05) is 0 Å². The molecule has 0 aromatic heterocycles. The molecule has 1 aliphatic heterocycles. The number of halogens is 1. The maximum absolute atomic E-state index is 12.6. The third-order valence-corrected chi connectivity index (χ3v) is 1.01. The Hall–Kier alpha value is -0.660. The predicted octanol–water partition coefficient (Wildman–Crippen LogP) is 0.570. The first-order chi connectivity index (χ1) is 4.27. The summed E-state index contributed by atoms with van der Waals surface area (Å²) in [5.74, 6) is 0. The van der Waals surface area contributed by atoms with Gasteiger partial charge in [-0.05, 0) is 0 Å². The summed E-state index contributed by atoms with van der Waals surface area (Å²) in [7, 11) is 0. The van der Waals surface area contributed by atoms with E-state index < -0.39 is 6.04 Å². The molecule has 1 aliphatic rings. The Kier molecular flexibility index (Phi) is 1.65. The van der Waals surface area contributed by atoms with Crippen LogP contribution in [0.1, 0.15) is 6.42 Å². The molecule has 0 saturated carbocycles. The monoisotopic (exact) mass is 131 g/mol. The van der Waals surface area contributed by atoms with Crippen molar-refractivity contribution >= 4 is 0 Å². The highest BCUT2D eigenvalue weighted by atomic mass is 19.2. The molecule has 0 radical (unpaired) electrons. The fourth-order valence-corrected chi connectivity index (χ4v) is 0.626. The second-order valence-corrected chi connectivity index (χ2v) is 1.69. The Balaban J connectivity index is 2.43. The molecule has 0 spiro atoms. The fourth-order valence-electron chi connectivity index (χ4n) is 0.626. The van der Waals surface area contributed by atoms with Gasteiger partial charge < -0.3 is 9.47 Å². The van der Waals surface area contributed by atoms with Gasteiger partial charge in [0.05, 0.1) is 19.3 Å². The highest BCUT2D eigenvalue weighted by Crippen LogP contribution is 2.23. The van der Waals surface area contributed by atoms with E-state index in [2.05, 4.69) is 9.47 Å². The standard InChI is InChI=1S/C5H6FNO2/c6-5(1-2-7)8-3-4-9-5/h1,3-4H2. The number of hydrogen-bond acceptors (Lipinski definition) is 3. The van der Waals surface area contributed by atoms with E-state index in [0.717, 1.165) is 0 Å². The summed E-state index contributed by atoms with van der Waals surface area (Å²) in [5.41, 5.74) is 0. The van der Waals surface area contributed by atoms with Gasteiger partial charge in [-0.3, -0.25) is 0 Å². The summed E-state index contributed by atoms with van der Waals surface area (Å²) >= 11 is 0. The van der Waals surface area contributed by atoms with Crippen LogP contribution in [0.4, 0.5) is 4.39 Å². The van der Waals surface area contributed by atoms with Gasteiger partial charge in [0.1, 0.15) is 6.42 Å². The zero-order valence-electron chi connectivity index (χ0n) is 4.76. The average Bonchev–Trinajstić information content (AvgIpc) is 2.16. The van der Waals surface area contributed by atoms with E-state index in [1.54, 1.807) is 6.07 Å². The van der Waals surface area contributed by atoms with Crippen LogP contribution in [0.25, 0.3) is 0 Å². The molecule has 4 heteroatoms. The first-order valence-electron chi connectivity index (χ1n) is 2.61. The van der Waals surface area contributed by atoms with Crippen LogP contribution in [0.5, 0.6) is 0 Å². The molecule has 50 valence electrons. The van der Waals surface area contributed by atoms with Crippen LogP contribution in [0.3, 0.4) is 0 Å². The second-order valence-electron chi connectivity index (χ2n) is 1.69. The lowest BCUT2D eigenvalue weighted by Gasteiger charge is -2.11. The van der Waals surface area contributed by atoms with Gasteiger partial charge in [0.15, 0.2) is 0 Å². The van der Waals surface area contributed by atoms with Crippen molar-refractivity contribution in [1.82, 2.24) is 0 Å². The number of hydrogen-bond donors (Lipinski definition) is 0. The van der Waals surface area contributed by atoms with Crippen molar-refractivity contribution in [3.05, 3.63) is 0 Å². The summed E-state index contributed by atoms with van der Waals surface area (Å²) in [5, 5.41) is 8.04. The Morgan fingerprint density at radius 2 is 2.11 bits per heavy atom. The molecule has 0 atom stereocenters. The summed E-state index contributed by atoms with van der Waals surface area (Å²) in [6, 6.07) is -0.491. The highest BCUT2D eigenvalue weighted by molar-refractivity contribution is 4.77. The molecule has 1 saturated heterocycles. The maximum atomic E-state index is 12.6. The van der Waals surface area contributed by atoms with Crippen molar-refractivity contribution < 1.29 is 13.9 Å². The van der Waals surface area contributed by atoms with Gasteiger partial charge >= 0.3 is 6.04 Å². The molecule has 1 rings (SSSR count). The predicted molar refractivity (Wildman–Crippen MR) is 26.0 cm³/mol. The topological polar surface area (TPSA) is 42.2 Å². The third kappa shape index (κ3) is 1.37. The lowest BCUT2D eigenvalue weighted by atomic mass is 10.4. The quantitative estimate of drug-likeness (QED) is 0.522. The van der Waals surface area contributed by atoms with Gasteiger partial charge in [-0.25, -0.2) is 0 Å². The zero-order valence-corrected chi connectivity index (χ0v) is 4.76. The van der Waals surface area contributed by atoms with Crippen molar-refractivity contribution in [2.45, 2.75) is 12.5 Å². The SMILES string of the molecule is N#CCC1(F)OCCO1. The van der Waals surface area contributed by atoms with Gasteiger partial charge in [-0.2, -0.15) is 9.65 Å². The fraction of sp³-hybridized carbons (Fsp3) is 0.800. The van der Waals surface area contributed by atoms with Gasteiger partial charge in [0, 0.05) is 0 Å². The molecule has 0 N–H and O–H groups in total. The molecule has 0 unspecified atom stereocenters. The Morgan fingerprint density at radius 3 is 2.56 bits per heavy atom. The van der Waals surface area contributed by atoms with Crippen molar-refractivity contribution in [2.75, 3.05) is 13.2 Å². The minimum atomic E-state index is -2.12. The van der Waals surface area contributed by atoms with Crippen LogP contribution in [0.15, 0.2) is 0 Å². The van der Waals surface area contributed by atoms with Crippen molar-refractivity contribution in [3.8, 4) is 6.07 Å². The molecule has 0 aromatic carbocycles. The van der Waals surface area contributed by atoms with Crippen molar-refractivity contribution in [2.24, 2.45) is 0 Å². The van der Waals surface area contributed by atoms with E-state index >= 15 is 0 Å². The minimum absolute atomic E-state index is 0.234. The number of alkyl halides is 1. The minimum Gasteiger partial charge on any atom is -0.321 e. The number of rotatable bonds is 1. The number of ether oxygens (including phenoxy) is 2. The number of nitrogens with zero attached hydrogens (tertiary/aromatic N) is 1. The molecular formula is C5H6FNO2. The average molecular weight is 131 g/mol. The van der Waals surface area contributed by atoms with Gasteiger partial charge in [-0.15, -0.1) is 0 Å². The summed E-state index contributed by atoms with van der Waals surface area (Å²) in [4.78, 5) is 0. The van der Waals surface area contributed by atoms with Crippen LogP contribution in [-0.4, -0.2) is 19.3 Å². The van der Waals surface area contributed by atoms with E-state index in [0.29, 0.717) is 0 Å². The molecule has 1 heterocycles. The smallest absolute Gasteiger partial charge is 0.321 e. The molecule has 0 amide bonds. The van der Waals surface area contributed by atoms with Crippen LogP contribution in [-0.2, 0) is 9.47 Å². The van der Waals surface area contributed by atoms with E-state index in [4.69, 9.17) is 5.26 Å². The first-order valence-corrected chi connectivity index (χ1v) is 2.61. The van der Waals surface area contributed by atoms with E-state index in [-0.39, 0.29) is 19.6 Å². The third-order valence-electron chi connectivity index (χ3n) is 1.01. The molecule has 0 aliphatic carbocycles. The van der Waals surface area contributed by atoms with E-state index in [9.17, 15) is 4.39 Å². The normalized spacial score (nSPS) is 23.6. The summed E-state index contributed by atoms with van der Waals surface area (Å²) in [6.07, 6.45) is -0.354. The second kappa shape index (κ2) is 2.29. The number of nitriles is 1. The summed E-state index contributed by atoms with van der Waals surface area (Å²) < 4.78 is 21.6. The van der Waals surface area contributed by atoms with E-state index in [1.165, 1.54) is 0 Å². The van der Waals surface area contributed by atoms with Crippen molar-refractivity contribution in [1.29, 1.82) is 5.26 Å². The zero-order chi connectivity index (χ0) is 6.74. The van der Waals surface area contributed by atoms with Crippen LogP contribution >= 0.6 is 0 Å². The van der Waals surface area contributed by atoms with Crippen LogP contribution in [0, 0.1) is 11.3 Å².